The summed E-state index contributed by atoms with van der Waals surface area (Å²) in [5.41, 5.74) is 38.3. The Morgan fingerprint density at radius 1 is 0.226 bits per heavy atom. The average molecular weight is 1600 g/mol. The van der Waals surface area contributed by atoms with Crippen LogP contribution in [0.3, 0.4) is 0 Å². The molecule has 5 aliphatic heterocycles. The summed E-state index contributed by atoms with van der Waals surface area (Å²) < 4.78 is 0. The molecule has 1 spiro atoms. The van der Waals surface area contributed by atoms with Crippen molar-refractivity contribution in [3.63, 3.8) is 0 Å². The summed E-state index contributed by atoms with van der Waals surface area (Å²) in [5, 5.41) is 0. The van der Waals surface area contributed by atoms with Gasteiger partial charge in [0.15, 0.2) is 0 Å². The number of nitrogens with zero attached hydrogens (tertiary/aromatic N) is 7. The number of para-hydroxylation sites is 10. The highest BCUT2D eigenvalue weighted by molar-refractivity contribution is 7.01. The Labute approximate surface area is 729 Å². The first-order valence-electron chi connectivity index (χ1n) is 45.7. The van der Waals surface area contributed by atoms with Crippen molar-refractivity contribution >= 4 is 160 Å². The molecule has 2 atom stereocenters. The molecular formula is C115H95B2N7. The summed E-state index contributed by atoms with van der Waals surface area (Å²) in [6.45, 7) is -0.408. The van der Waals surface area contributed by atoms with Crippen LogP contribution in [0.2, 0.25) is 0 Å². The van der Waals surface area contributed by atoms with E-state index in [2.05, 4.69) is 423 Å². The second-order valence-corrected chi connectivity index (χ2v) is 36.1. The second-order valence-electron chi connectivity index (χ2n) is 36.1. The molecule has 0 aromatic heterocycles. The van der Waals surface area contributed by atoms with E-state index in [1.807, 2.05) is 0 Å². The van der Waals surface area contributed by atoms with Crippen molar-refractivity contribution in [2.24, 2.45) is 23.7 Å². The fraction of sp³-hybridized carbons (Fsp3) is 0.165. The van der Waals surface area contributed by atoms with Gasteiger partial charge in [-0.15, -0.1) is 0 Å². The van der Waals surface area contributed by atoms with Gasteiger partial charge in [0.25, 0.3) is 13.4 Å². The second kappa shape index (κ2) is 29.8. The number of hydrogen-bond donors (Lipinski definition) is 0. The Hall–Kier alpha value is -13.8. The minimum absolute atomic E-state index is 0.177. The van der Waals surface area contributed by atoms with Crippen LogP contribution in [0.25, 0.3) is 11.1 Å². The van der Waals surface area contributed by atoms with Crippen molar-refractivity contribution < 1.29 is 0 Å². The van der Waals surface area contributed by atoms with Gasteiger partial charge in [-0.2, -0.15) is 0 Å². The van der Waals surface area contributed by atoms with Crippen molar-refractivity contribution in [2.75, 3.05) is 34.3 Å². The molecule has 16 aromatic rings. The first-order valence-corrected chi connectivity index (χ1v) is 45.7. The molecule has 0 N–H and O–H groups in total. The Kier molecular flexibility index (Phi) is 17.5. The zero-order valence-corrected chi connectivity index (χ0v) is 69.8. The predicted molar refractivity (Wildman–Crippen MR) is 521 cm³/mol. The molecule has 0 amide bonds. The lowest BCUT2D eigenvalue weighted by Gasteiger charge is -2.56. The summed E-state index contributed by atoms with van der Waals surface area (Å²) in [6, 6.07) is 150. The lowest BCUT2D eigenvalue weighted by atomic mass is 9.33. The van der Waals surface area contributed by atoms with Gasteiger partial charge < -0.3 is 34.3 Å². The molecule has 3 saturated carbocycles. The minimum atomic E-state index is -0.852. The minimum Gasteiger partial charge on any atom is -0.337 e. The number of rotatable bonds is 13. The molecule has 0 bridgehead atoms. The van der Waals surface area contributed by atoms with Crippen LogP contribution < -0.4 is 67.1 Å². The largest absolute Gasteiger partial charge is 0.337 e. The molecule has 5 heterocycles. The van der Waals surface area contributed by atoms with Gasteiger partial charge in [-0.25, -0.2) is 0 Å². The topological polar surface area (TPSA) is 22.7 Å². The summed E-state index contributed by atoms with van der Waals surface area (Å²) in [5.74, 6) is 2.09. The van der Waals surface area contributed by atoms with E-state index in [1.54, 1.807) is 0 Å². The highest BCUT2D eigenvalue weighted by Crippen LogP contribution is 2.67. The van der Waals surface area contributed by atoms with Crippen LogP contribution in [0.4, 0.5) is 114 Å². The van der Waals surface area contributed by atoms with Gasteiger partial charge >= 0.3 is 0 Å². The lowest BCUT2D eigenvalue weighted by Crippen LogP contribution is -2.62. The number of benzene rings is 16. The molecule has 596 valence electrons. The molecule has 3 fully saturated rings. The summed E-state index contributed by atoms with van der Waals surface area (Å²) in [6.07, 6.45) is 16.7. The average Bonchev–Trinajstić information content (AvgIpc) is 1.34. The van der Waals surface area contributed by atoms with Gasteiger partial charge in [-0.3, -0.25) is 0 Å². The van der Waals surface area contributed by atoms with E-state index in [4.69, 9.17) is 0 Å². The van der Waals surface area contributed by atoms with Crippen molar-refractivity contribution in [1.29, 1.82) is 0 Å². The number of anilines is 20. The quantitative estimate of drug-likeness (QED) is 0.106. The molecule has 25 rings (SSSR count). The van der Waals surface area contributed by atoms with Crippen molar-refractivity contribution in [2.45, 2.75) is 94.9 Å². The first kappa shape index (κ1) is 73.0. The van der Waals surface area contributed by atoms with Gasteiger partial charge in [-0.05, 0) is 248 Å². The van der Waals surface area contributed by atoms with Gasteiger partial charge in [0.05, 0.1) is 16.8 Å². The van der Waals surface area contributed by atoms with Crippen LogP contribution in [-0.4, -0.2) is 19.5 Å². The normalized spacial score (nSPS) is 17.9. The maximum absolute atomic E-state index is 3.19. The Morgan fingerprint density at radius 3 is 0.871 bits per heavy atom. The molecule has 2 unspecified atom stereocenters. The SMILES string of the molecule is c1ccc(N(c2ccccc2)c2cc3c4c(c2)N(c2ccccc2)c2cc5c(cc2B4c2ccccc2N3c2ccccc2)C2(c3ccccc3-c3ccccc32)c2cc3c(cc2N5C2C(C4CCCCC4)CCCC2C2CCCCC2)N(c2ccccc2)c2cc(N(c4ccccc4)c4ccccc4)cc4c2B3c2ccccc2N4c2ccccc2)cc1. The van der Waals surface area contributed by atoms with Gasteiger partial charge in [0, 0.05) is 108 Å². The van der Waals surface area contributed by atoms with E-state index >= 15 is 0 Å². The molecule has 4 aliphatic carbocycles. The monoisotopic (exact) mass is 1600 g/mol. The van der Waals surface area contributed by atoms with Crippen LogP contribution in [0, 0.1) is 23.7 Å². The molecule has 9 aliphatic rings. The van der Waals surface area contributed by atoms with E-state index in [0.29, 0.717) is 23.7 Å². The van der Waals surface area contributed by atoms with Gasteiger partial charge in [0.1, 0.15) is 0 Å². The molecular weight excluding hydrogens is 1500 g/mol. The molecule has 124 heavy (non-hydrogen) atoms. The van der Waals surface area contributed by atoms with E-state index in [0.717, 1.165) is 56.9 Å². The van der Waals surface area contributed by atoms with E-state index < -0.39 is 5.41 Å². The highest BCUT2D eigenvalue weighted by atomic mass is 15.3. The summed E-state index contributed by atoms with van der Waals surface area (Å²) >= 11 is 0. The third kappa shape index (κ3) is 11.3. The maximum Gasteiger partial charge on any atom is 0.252 e. The fourth-order valence-corrected chi connectivity index (χ4v) is 25.0. The maximum atomic E-state index is 3.19. The number of hydrogen-bond acceptors (Lipinski definition) is 7. The fourth-order valence-electron chi connectivity index (χ4n) is 25.0. The molecule has 7 nitrogen and oxygen atoms in total. The molecule has 0 radical (unpaired) electrons. The van der Waals surface area contributed by atoms with Crippen molar-refractivity contribution in [3.05, 3.63) is 411 Å². The third-order valence-corrected chi connectivity index (χ3v) is 29.8. The third-order valence-electron chi connectivity index (χ3n) is 29.8. The van der Waals surface area contributed by atoms with E-state index in [1.165, 1.54) is 207 Å². The van der Waals surface area contributed by atoms with Crippen LogP contribution >= 0.6 is 0 Å². The Balaban J connectivity index is 0.839. The zero-order valence-electron chi connectivity index (χ0n) is 69.8. The van der Waals surface area contributed by atoms with Crippen LogP contribution in [0.1, 0.15) is 106 Å². The van der Waals surface area contributed by atoms with Gasteiger partial charge in [0.2, 0.25) is 0 Å². The number of fused-ring (bicyclic) bond motifs is 17. The predicted octanol–water partition coefficient (Wildman–Crippen LogP) is 26.6. The first-order chi connectivity index (χ1) is 61.6. The molecule has 0 saturated heterocycles. The molecule has 16 aromatic carbocycles. The van der Waals surface area contributed by atoms with Gasteiger partial charge in [-0.1, -0.05) is 313 Å². The Bertz CT molecular complexity index is 6280. The van der Waals surface area contributed by atoms with E-state index in [-0.39, 0.29) is 19.5 Å². The van der Waals surface area contributed by atoms with Crippen molar-refractivity contribution in [1.82, 2.24) is 0 Å². The summed E-state index contributed by atoms with van der Waals surface area (Å²) in [4.78, 5) is 18.8. The standard InChI is InChI=1S/C115H95B2N7/c1-11-40-78(41-12-1)90-62-39-63-91(79-42-13-2-14-43-79)114(90)124-104-76-106-100(116-98-66-35-37-68-102(98)120(84-52-23-7-24-53-84)108-70-88(72-110(112(108)116)122(106)86-56-27-9-28-57-86)118(80-44-15-3-16-45-80)81-46-17-4-18-47-81)74-96(104)115(94-64-33-31-60-92(94)93-61-32-34-65-95(93)115)97-75-101-107(77-105(97)124)123(87-58-29-10-30-59-87)111-73-89(119(82-48-19-5-20-49-82)83-50-21-6-22-51-83)71-109-113(111)117(101)99-67-36-38-69-103(99)121(109)85-54-25-8-26-55-85/h3-10,15-38,44-61,64-79,90-91,114H,1-2,11-14,39-43,62-63H2. The zero-order chi connectivity index (χ0) is 81.5. The van der Waals surface area contributed by atoms with Crippen LogP contribution in [0.15, 0.2) is 388 Å². The van der Waals surface area contributed by atoms with Crippen LogP contribution in [0.5, 0.6) is 0 Å². The highest BCUT2D eigenvalue weighted by Gasteiger charge is 2.58. The van der Waals surface area contributed by atoms with Crippen LogP contribution in [-0.2, 0) is 5.41 Å². The van der Waals surface area contributed by atoms with E-state index in [9.17, 15) is 0 Å². The Morgan fingerprint density at radius 2 is 0.524 bits per heavy atom. The van der Waals surface area contributed by atoms with Crippen molar-refractivity contribution in [3.8, 4) is 11.1 Å². The smallest absolute Gasteiger partial charge is 0.252 e. The lowest BCUT2D eigenvalue weighted by molar-refractivity contribution is 0.0834. The molecule has 9 heteroatoms. The summed E-state index contributed by atoms with van der Waals surface area (Å²) in [7, 11) is 0.